The molecule has 0 amide bonds. The van der Waals surface area contributed by atoms with Gasteiger partial charge in [0.2, 0.25) is 5.75 Å². The first kappa shape index (κ1) is 17.4. The maximum atomic E-state index is 9.77. The fourth-order valence-corrected chi connectivity index (χ4v) is 2.15. The molecule has 1 aromatic carbocycles. The number of hydrogen-bond acceptors (Lipinski definition) is 8. The molecule has 1 aromatic rings. The number of ether oxygens (including phenoxy) is 4. The van der Waals surface area contributed by atoms with E-state index in [0.29, 0.717) is 17.1 Å². The summed E-state index contributed by atoms with van der Waals surface area (Å²) in [6.45, 7) is -0.694. The van der Waals surface area contributed by atoms with Crippen LogP contribution in [0.25, 0.3) is 0 Å². The Morgan fingerprint density at radius 2 is 1.70 bits per heavy atom. The van der Waals surface area contributed by atoms with Crippen molar-refractivity contribution in [1.29, 1.82) is 0 Å². The van der Waals surface area contributed by atoms with Gasteiger partial charge in [-0.25, -0.2) is 0 Å². The summed E-state index contributed by atoms with van der Waals surface area (Å²) in [6, 6.07) is 3.13. The summed E-state index contributed by atoms with van der Waals surface area (Å²) in [7, 11) is 2.85. The molecule has 4 N–H and O–H groups in total. The van der Waals surface area contributed by atoms with E-state index in [-0.39, 0.29) is 18.3 Å². The van der Waals surface area contributed by atoms with Crippen molar-refractivity contribution in [3.05, 3.63) is 29.7 Å². The third kappa shape index (κ3) is 3.67. The quantitative estimate of drug-likeness (QED) is 0.553. The summed E-state index contributed by atoms with van der Waals surface area (Å²) in [5.74, 6) is 0.659. The SMILES string of the molecule is COc1cc(CO)cc(OC)c1OC1=CC(O)C(O)C(CO)O1. The van der Waals surface area contributed by atoms with Crippen LogP contribution in [0.2, 0.25) is 0 Å². The smallest absolute Gasteiger partial charge is 0.283 e. The Morgan fingerprint density at radius 3 is 2.17 bits per heavy atom. The monoisotopic (exact) mass is 328 g/mol. The fourth-order valence-electron chi connectivity index (χ4n) is 2.15. The summed E-state index contributed by atoms with van der Waals surface area (Å²) >= 11 is 0. The van der Waals surface area contributed by atoms with E-state index in [2.05, 4.69) is 0 Å². The van der Waals surface area contributed by atoms with Gasteiger partial charge in [0, 0.05) is 6.08 Å². The van der Waals surface area contributed by atoms with E-state index in [1.807, 2.05) is 0 Å². The highest BCUT2D eigenvalue weighted by atomic mass is 16.7. The van der Waals surface area contributed by atoms with Crippen LogP contribution in [0.15, 0.2) is 24.2 Å². The molecular formula is C15H20O8. The van der Waals surface area contributed by atoms with Crippen LogP contribution < -0.4 is 14.2 Å². The Labute approximate surface area is 133 Å². The molecule has 1 aliphatic heterocycles. The maximum Gasteiger partial charge on any atom is 0.283 e. The number of hydrogen-bond donors (Lipinski definition) is 4. The second-order valence-electron chi connectivity index (χ2n) is 4.90. The van der Waals surface area contributed by atoms with E-state index in [4.69, 9.17) is 18.9 Å². The van der Waals surface area contributed by atoms with E-state index < -0.39 is 24.9 Å². The topological polar surface area (TPSA) is 118 Å². The van der Waals surface area contributed by atoms with E-state index in [0.717, 1.165) is 0 Å². The van der Waals surface area contributed by atoms with Gasteiger partial charge < -0.3 is 39.4 Å². The van der Waals surface area contributed by atoms with E-state index in [1.54, 1.807) is 12.1 Å². The summed E-state index contributed by atoms with van der Waals surface area (Å²) in [5.41, 5.74) is 0.563. The van der Waals surface area contributed by atoms with Crippen molar-refractivity contribution < 1.29 is 39.4 Å². The minimum Gasteiger partial charge on any atom is -0.493 e. The molecule has 3 unspecified atom stereocenters. The van der Waals surface area contributed by atoms with Gasteiger partial charge in [0.25, 0.3) is 5.95 Å². The van der Waals surface area contributed by atoms with Gasteiger partial charge in [-0.3, -0.25) is 0 Å². The highest BCUT2D eigenvalue weighted by Crippen LogP contribution is 2.40. The molecule has 2 rings (SSSR count). The van der Waals surface area contributed by atoms with Crippen molar-refractivity contribution >= 4 is 0 Å². The molecule has 8 nitrogen and oxygen atoms in total. The van der Waals surface area contributed by atoms with Crippen LogP contribution in [-0.2, 0) is 11.3 Å². The molecule has 8 heteroatoms. The number of aliphatic hydroxyl groups is 4. The summed E-state index contributed by atoms with van der Waals surface area (Å²) in [5, 5.41) is 37.9. The standard InChI is InChI=1S/C15H20O8/c1-20-10-3-8(6-16)4-11(21-2)15(10)23-13-5-9(18)14(19)12(7-17)22-13/h3-5,9,12,14,16-19H,6-7H2,1-2H3. The van der Waals surface area contributed by atoms with E-state index >= 15 is 0 Å². The lowest BCUT2D eigenvalue weighted by Gasteiger charge is -2.30. The van der Waals surface area contributed by atoms with Gasteiger partial charge in [-0.2, -0.15) is 0 Å². The largest absolute Gasteiger partial charge is 0.493 e. The molecule has 0 saturated carbocycles. The van der Waals surface area contributed by atoms with Crippen molar-refractivity contribution in [1.82, 2.24) is 0 Å². The molecule has 128 valence electrons. The lowest BCUT2D eigenvalue weighted by molar-refractivity contribution is -0.113. The van der Waals surface area contributed by atoms with Crippen molar-refractivity contribution in [3.8, 4) is 17.2 Å². The Hall–Kier alpha value is -2.00. The summed E-state index contributed by atoms with van der Waals surface area (Å²) in [4.78, 5) is 0. The van der Waals surface area contributed by atoms with Gasteiger partial charge >= 0.3 is 0 Å². The number of aliphatic hydroxyl groups excluding tert-OH is 4. The molecule has 0 aliphatic carbocycles. The zero-order valence-corrected chi connectivity index (χ0v) is 12.8. The highest BCUT2D eigenvalue weighted by molar-refractivity contribution is 5.54. The minimum absolute atomic E-state index is 0.102. The van der Waals surface area contributed by atoms with Gasteiger partial charge in [0.15, 0.2) is 17.6 Å². The maximum absolute atomic E-state index is 9.77. The van der Waals surface area contributed by atoms with Gasteiger partial charge in [-0.05, 0) is 17.7 Å². The number of benzene rings is 1. The molecule has 1 aliphatic rings. The Balaban J connectivity index is 2.34. The first-order valence-electron chi connectivity index (χ1n) is 6.93. The van der Waals surface area contributed by atoms with Crippen LogP contribution in [-0.4, -0.2) is 59.6 Å². The lowest BCUT2D eigenvalue weighted by Crippen LogP contribution is -2.44. The second-order valence-corrected chi connectivity index (χ2v) is 4.90. The fraction of sp³-hybridized carbons (Fsp3) is 0.467. The first-order valence-corrected chi connectivity index (χ1v) is 6.93. The van der Waals surface area contributed by atoms with Crippen molar-refractivity contribution in [2.75, 3.05) is 20.8 Å². The Kier molecular flexibility index (Phi) is 5.67. The van der Waals surface area contributed by atoms with Crippen LogP contribution in [0.3, 0.4) is 0 Å². The average Bonchev–Trinajstić information content (AvgIpc) is 2.57. The van der Waals surface area contributed by atoms with Gasteiger partial charge in [0.1, 0.15) is 12.2 Å². The van der Waals surface area contributed by atoms with Gasteiger partial charge in [0.05, 0.1) is 27.4 Å². The molecule has 0 fully saturated rings. The van der Waals surface area contributed by atoms with Gasteiger partial charge in [-0.1, -0.05) is 0 Å². The average molecular weight is 328 g/mol. The summed E-state index contributed by atoms with van der Waals surface area (Å²) < 4.78 is 21.3. The molecule has 1 heterocycles. The van der Waals surface area contributed by atoms with Crippen LogP contribution in [0, 0.1) is 0 Å². The zero-order valence-electron chi connectivity index (χ0n) is 12.8. The van der Waals surface area contributed by atoms with E-state index in [9.17, 15) is 20.4 Å². The van der Waals surface area contributed by atoms with Crippen molar-refractivity contribution in [2.45, 2.75) is 24.9 Å². The predicted octanol–water partition coefficient (Wildman–Crippen LogP) is -0.471. The molecule has 3 atom stereocenters. The minimum atomic E-state index is -1.26. The lowest BCUT2D eigenvalue weighted by atomic mass is 10.1. The molecule has 0 radical (unpaired) electrons. The molecule has 23 heavy (non-hydrogen) atoms. The first-order chi connectivity index (χ1) is 11.0. The summed E-state index contributed by atoms with van der Waals surface area (Å²) in [6.07, 6.45) is -2.34. The third-order valence-electron chi connectivity index (χ3n) is 3.39. The Morgan fingerprint density at radius 1 is 1.09 bits per heavy atom. The number of methoxy groups -OCH3 is 2. The molecule has 0 aromatic heterocycles. The number of rotatable bonds is 6. The van der Waals surface area contributed by atoms with Gasteiger partial charge in [-0.15, -0.1) is 0 Å². The van der Waals surface area contributed by atoms with Crippen molar-refractivity contribution in [2.24, 2.45) is 0 Å². The van der Waals surface area contributed by atoms with Crippen LogP contribution >= 0.6 is 0 Å². The normalized spacial score (nSPS) is 23.7. The molecule has 0 saturated heterocycles. The van der Waals surface area contributed by atoms with E-state index in [1.165, 1.54) is 20.3 Å². The highest BCUT2D eigenvalue weighted by Gasteiger charge is 2.33. The van der Waals surface area contributed by atoms with Crippen LogP contribution in [0.4, 0.5) is 0 Å². The second kappa shape index (κ2) is 7.51. The predicted molar refractivity (Wildman–Crippen MR) is 78.2 cm³/mol. The van der Waals surface area contributed by atoms with Crippen LogP contribution in [0.5, 0.6) is 17.2 Å². The Bertz CT molecular complexity index is 546. The van der Waals surface area contributed by atoms with Crippen LogP contribution in [0.1, 0.15) is 5.56 Å². The van der Waals surface area contributed by atoms with Crippen molar-refractivity contribution in [3.63, 3.8) is 0 Å². The zero-order chi connectivity index (χ0) is 17.0. The molecule has 0 bridgehead atoms. The third-order valence-corrected chi connectivity index (χ3v) is 3.39. The molecular weight excluding hydrogens is 308 g/mol. The molecule has 0 spiro atoms.